The van der Waals surface area contributed by atoms with E-state index in [1.54, 1.807) is 18.2 Å². The zero-order valence-electron chi connectivity index (χ0n) is 13.7. The number of nitrogens with two attached hydrogens (primary N) is 1. The molecule has 0 radical (unpaired) electrons. The minimum Gasteiger partial charge on any atom is -0.497 e. The Labute approximate surface area is 147 Å². The average Bonchev–Trinajstić information content (AvgIpc) is 3.13. The number of anilines is 1. The molecule has 0 saturated carbocycles. The summed E-state index contributed by atoms with van der Waals surface area (Å²) in [6, 6.07) is 3.37. The maximum absolute atomic E-state index is 12.2. The lowest BCUT2D eigenvalue weighted by atomic mass is 10.0. The van der Waals surface area contributed by atoms with Gasteiger partial charge >= 0.3 is 5.97 Å². The third kappa shape index (κ3) is 2.89. The molecular formula is C16H15N3O5S. The Bertz CT molecular complexity index is 917. The van der Waals surface area contributed by atoms with E-state index in [0.29, 0.717) is 33.2 Å². The van der Waals surface area contributed by atoms with Gasteiger partial charge in [0.1, 0.15) is 11.5 Å². The van der Waals surface area contributed by atoms with E-state index in [1.165, 1.54) is 21.3 Å². The maximum Gasteiger partial charge on any atom is 0.357 e. The molecule has 130 valence electrons. The van der Waals surface area contributed by atoms with Crippen molar-refractivity contribution in [1.82, 2.24) is 4.98 Å². The summed E-state index contributed by atoms with van der Waals surface area (Å²) in [6.07, 6.45) is 1.58. The maximum atomic E-state index is 12.2. The van der Waals surface area contributed by atoms with Gasteiger partial charge in [0.25, 0.3) is 0 Å². The number of aliphatic imine (C=N–C) groups is 1. The van der Waals surface area contributed by atoms with Gasteiger partial charge in [0, 0.05) is 17.7 Å². The van der Waals surface area contributed by atoms with Crippen LogP contribution in [0.25, 0.3) is 11.6 Å². The molecule has 0 amide bonds. The van der Waals surface area contributed by atoms with Gasteiger partial charge in [-0.25, -0.2) is 9.79 Å². The minimum atomic E-state index is -0.611. The van der Waals surface area contributed by atoms with Crippen molar-refractivity contribution in [2.24, 2.45) is 4.99 Å². The van der Waals surface area contributed by atoms with Crippen LogP contribution in [0.4, 0.5) is 10.8 Å². The largest absolute Gasteiger partial charge is 0.497 e. The Hall–Kier alpha value is -3.07. The predicted molar refractivity (Wildman–Crippen MR) is 94.7 cm³/mol. The third-order valence-electron chi connectivity index (χ3n) is 3.57. The van der Waals surface area contributed by atoms with Crippen molar-refractivity contribution in [3.8, 4) is 17.4 Å². The molecule has 1 aromatic heterocycles. The third-order valence-corrected chi connectivity index (χ3v) is 4.39. The smallest absolute Gasteiger partial charge is 0.357 e. The van der Waals surface area contributed by atoms with Crippen molar-refractivity contribution >= 4 is 45.5 Å². The fraction of sp³-hybridized carbons (Fsp3) is 0.188. The number of fused-ring (bicyclic) bond motifs is 1. The molecule has 1 aliphatic rings. The number of nitrogen functional groups attached to an aromatic ring is 1. The molecule has 0 bridgehead atoms. The summed E-state index contributed by atoms with van der Waals surface area (Å²) < 4.78 is 15.5. The van der Waals surface area contributed by atoms with Crippen LogP contribution in [0, 0.1) is 0 Å². The molecule has 0 saturated heterocycles. The average molecular weight is 361 g/mol. The fourth-order valence-electron chi connectivity index (χ4n) is 2.47. The molecule has 25 heavy (non-hydrogen) atoms. The van der Waals surface area contributed by atoms with E-state index in [4.69, 9.17) is 19.9 Å². The quantitative estimate of drug-likeness (QED) is 0.802. The summed E-state index contributed by atoms with van der Waals surface area (Å²) in [5.41, 5.74) is 7.25. The van der Waals surface area contributed by atoms with E-state index in [0.717, 1.165) is 11.3 Å². The first kappa shape index (κ1) is 16.8. The molecule has 2 heterocycles. The lowest BCUT2D eigenvalue weighted by molar-refractivity contribution is -0.132. The van der Waals surface area contributed by atoms with Crippen LogP contribution in [-0.2, 0) is 9.53 Å². The molecule has 3 N–H and O–H groups in total. The van der Waals surface area contributed by atoms with Crippen LogP contribution in [0.2, 0.25) is 0 Å². The van der Waals surface area contributed by atoms with E-state index < -0.39 is 5.97 Å². The number of ether oxygens (including phenoxy) is 3. The SMILES string of the molecule is COC(=O)C1=Nc2cc(OC)cc(OC)c2/C1=C\c1sc(N)nc1O. The number of thiazole rings is 1. The number of hydrogen-bond donors (Lipinski definition) is 2. The first-order chi connectivity index (χ1) is 12.0. The standard InChI is InChI=1S/C16H15N3O5S/c1-22-7-4-9-12(10(5-7)23-2)8(13(18-9)15(21)24-3)6-11-14(20)19-16(17)25-11/h4-6,20H,1-3H3,(H2,17,19)/b8-6+. The highest BCUT2D eigenvalue weighted by atomic mass is 32.1. The lowest BCUT2D eigenvalue weighted by Crippen LogP contribution is -2.14. The number of carbonyl (C=O) groups is 1. The highest BCUT2D eigenvalue weighted by Gasteiger charge is 2.31. The molecule has 0 atom stereocenters. The molecule has 3 rings (SSSR count). The Morgan fingerprint density at radius 3 is 2.60 bits per heavy atom. The molecular weight excluding hydrogens is 346 g/mol. The molecule has 8 nitrogen and oxygen atoms in total. The number of benzene rings is 1. The first-order valence-corrected chi connectivity index (χ1v) is 7.90. The van der Waals surface area contributed by atoms with Crippen molar-refractivity contribution in [3.05, 3.63) is 22.6 Å². The second kappa shape index (κ2) is 6.44. The monoisotopic (exact) mass is 361 g/mol. The second-order valence-electron chi connectivity index (χ2n) is 4.97. The highest BCUT2D eigenvalue weighted by Crippen LogP contribution is 2.45. The van der Waals surface area contributed by atoms with Crippen molar-refractivity contribution in [3.63, 3.8) is 0 Å². The summed E-state index contributed by atoms with van der Waals surface area (Å²) >= 11 is 1.09. The normalized spacial score (nSPS) is 14.2. The van der Waals surface area contributed by atoms with E-state index in [9.17, 15) is 9.90 Å². The van der Waals surface area contributed by atoms with Crippen molar-refractivity contribution < 1.29 is 24.1 Å². The zero-order chi connectivity index (χ0) is 18.1. The van der Waals surface area contributed by atoms with Crippen LogP contribution in [0.5, 0.6) is 17.4 Å². The number of methoxy groups -OCH3 is 3. The number of esters is 1. The summed E-state index contributed by atoms with van der Waals surface area (Å²) in [6.45, 7) is 0. The summed E-state index contributed by atoms with van der Waals surface area (Å²) in [5.74, 6) is 0.176. The van der Waals surface area contributed by atoms with Crippen LogP contribution in [0.1, 0.15) is 10.4 Å². The number of nitrogens with zero attached hydrogens (tertiary/aromatic N) is 2. The summed E-state index contributed by atoms with van der Waals surface area (Å²) in [4.78, 5) is 20.7. The van der Waals surface area contributed by atoms with Gasteiger partial charge in [0.15, 0.2) is 10.8 Å². The molecule has 1 aromatic carbocycles. The number of carbonyl (C=O) groups excluding carboxylic acids is 1. The Morgan fingerprint density at radius 1 is 1.28 bits per heavy atom. The molecule has 0 spiro atoms. The Kier molecular flexibility index (Phi) is 4.32. The fourth-order valence-corrected chi connectivity index (χ4v) is 3.14. The molecule has 0 aliphatic carbocycles. The number of aromatic nitrogens is 1. The topological polar surface area (TPSA) is 116 Å². The van der Waals surface area contributed by atoms with Crippen LogP contribution < -0.4 is 15.2 Å². The van der Waals surface area contributed by atoms with Crippen molar-refractivity contribution in [1.29, 1.82) is 0 Å². The van der Waals surface area contributed by atoms with Crippen LogP contribution in [-0.4, -0.2) is 43.1 Å². The van der Waals surface area contributed by atoms with Gasteiger partial charge in [-0.1, -0.05) is 11.3 Å². The van der Waals surface area contributed by atoms with Gasteiger partial charge in [-0.2, -0.15) is 4.98 Å². The molecule has 2 aromatic rings. The van der Waals surface area contributed by atoms with Crippen molar-refractivity contribution in [2.75, 3.05) is 27.1 Å². The number of aromatic hydroxyl groups is 1. The Balaban J connectivity index is 2.24. The van der Waals surface area contributed by atoms with Gasteiger partial charge in [0.05, 0.1) is 37.5 Å². The van der Waals surface area contributed by atoms with E-state index in [1.807, 2.05) is 0 Å². The molecule has 9 heteroatoms. The highest BCUT2D eigenvalue weighted by molar-refractivity contribution is 7.16. The van der Waals surface area contributed by atoms with Gasteiger partial charge in [-0.3, -0.25) is 0 Å². The lowest BCUT2D eigenvalue weighted by Gasteiger charge is -2.11. The van der Waals surface area contributed by atoms with Gasteiger partial charge in [0.2, 0.25) is 5.88 Å². The van der Waals surface area contributed by atoms with Gasteiger partial charge < -0.3 is 25.1 Å². The summed E-state index contributed by atoms with van der Waals surface area (Å²) in [5, 5.41) is 10.1. The van der Waals surface area contributed by atoms with E-state index >= 15 is 0 Å². The molecule has 0 fully saturated rings. The second-order valence-corrected chi connectivity index (χ2v) is 6.04. The Morgan fingerprint density at radius 2 is 2.04 bits per heavy atom. The number of rotatable bonds is 4. The van der Waals surface area contributed by atoms with Crippen molar-refractivity contribution in [2.45, 2.75) is 0 Å². The number of hydrogen-bond acceptors (Lipinski definition) is 9. The zero-order valence-corrected chi connectivity index (χ0v) is 14.5. The van der Waals surface area contributed by atoms with E-state index in [2.05, 4.69) is 9.98 Å². The first-order valence-electron chi connectivity index (χ1n) is 7.09. The van der Waals surface area contributed by atoms with Crippen LogP contribution in [0.3, 0.4) is 0 Å². The summed E-state index contributed by atoms with van der Waals surface area (Å²) in [7, 11) is 4.30. The van der Waals surface area contributed by atoms with Gasteiger partial charge in [-0.05, 0) is 6.08 Å². The molecule has 0 unspecified atom stereocenters. The van der Waals surface area contributed by atoms with Gasteiger partial charge in [-0.15, -0.1) is 0 Å². The van der Waals surface area contributed by atoms with Crippen LogP contribution in [0.15, 0.2) is 17.1 Å². The predicted octanol–water partition coefficient (Wildman–Crippen LogP) is 2.25. The van der Waals surface area contributed by atoms with Crippen LogP contribution >= 0.6 is 11.3 Å². The minimum absolute atomic E-state index is 0.0930. The van der Waals surface area contributed by atoms with E-state index in [-0.39, 0.29) is 16.7 Å². The molecule has 1 aliphatic heterocycles.